The number of hydrogen-bond acceptors (Lipinski definition) is 7. The summed E-state index contributed by atoms with van der Waals surface area (Å²) < 4.78 is 1.64. The highest BCUT2D eigenvalue weighted by Gasteiger charge is 2.20. The van der Waals surface area contributed by atoms with E-state index in [4.69, 9.17) is 0 Å². The smallest absolute Gasteiger partial charge is 0.284 e. The second kappa shape index (κ2) is 9.39. The van der Waals surface area contributed by atoms with Crippen LogP contribution in [0.15, 0.2) is 52.8 Å². The van der Waals surface area contributed by atoms with Gasteiger partial charge in [0, 0.05) is 36.5 Å². The number of aromatic nitrogens is 3. The minimum atomic E-state index is -0.540. The van der Waals surface area contributed by atoms with Gasteiger partial charge in [0.2, 0.25) is 5.91 Å². The molecule has 0 fully saturated rings. The predicted molar refractivity (Wildman–Crippen MR) is 116 cm³/mol. The van der Waals surface area contributed by atoms with E-state index >= 15 is 0 Å². The van der Waals surface area contributed by atoms with E-state index in [9.17, 15) is 19.7 Å². The van der Waals surface area contributed by atoms with Gasteiger partial charge in [-0.15, -0.1) is 10.2 Å². The van der Waals surface area contributed by atoms with Crippen LogP contribution in [-0.2, 0) is 11.8 Å². The lowest BCUT2D eigenvalue weighted by atomic mass is 10.1. The van der Waals surface area contributed by atoms with Crippen molar-refractivity contribution in [1.82, 2.24) is 14.8 Å². The number of benzene rings is 2. The molecule has 1 aromatic heterocycles. The highest BCUT2D eigenvalue weighted by atomic mass is 32.2. The van der Waals surface area contributed by atoms with Crippen molar-refractivity contribution in [3.63, 3.8) is 0 Å². The van der Waals surface area contributed by atoms with Gasteiger partial charge in [0.05, 0.1) is 9.82 Å². The summed E-state index contributed by atoms with van der Waals surface area (Å²) in [4.78, 5) is 35.8. The first-order chi connectivity index (χ1) is 14.8. The Labute approximate surface area is 182 Å². The van der Waals surface area contributed by atoms with E-state index in [1.54, 1.807) is 36.7 Å². The normalized spacial score (nSPS) is 10.5. The van der Waals surface area contributed by atoms with Crippen LogP contribution in [-0.4, -0.2) is 31.5 Å². The van der Waals surface area contributed by atoms with Crippen molar-refractivity contribution in [3.8, 4) is 0 Å². The number of carbonyl (C=O) groups excluding carboxylic acids is 2. The summed E-state index contributed by atoms with van der Waals surface area (Å²) in [6.45, 7) is 3.55. The number of anilines is 2. The van der Waals surface area contributed by atoms with E-state index in [1.165, 1.54) is 24.5 Å². The molecule has 2 amide bonds. The maximum Gasteiger partial charge on any atom is 0.284 e. The SMILES string of the molecule is CCC(=O)Nc1ccc(C)c(NC(=O)c2ccc(Sc3nncn3C)c([N+](=O)[O-])c2)c1. The first-order valence-corrected chi connectivity index (χ1v) is 10.1. The Bertz CT molecular complexity index is 1160. The summed E-state index contributed by atoms with van der Waals surface area (Å²) in [7, 11) is 1.73. The molecule has 31 heavy (non-hydrogen) atoms. The molecule has 0 aliphatic rings. The van der Waals surface area contributed by atoms with Crippen molar-refractivity contribution in [1.29, 1.82) is 0 Å². The van der Waals surface area contributed by atoms with Crippen molar-refractivity contribution in [3.05, 3.63) is 64.0 Å². The molecule has 2 aromatic carbocycles. The summed E-state index contributed by atoms with van der Waals surface area (Å²) in [5.41, 5.74) is 1.76. The summed E-state index contributed by atoms with van der Waals surface area (Å²) in [5.74, 6) is -0.645. The van der Waals surface area contributed by atoms with Gasteiger partial charge in [-0.3, -0.25) is 19.7 Å². The van der Waals surface area contributed by atoms with Crippen LogP contribution < -0.4 is 10.6 Å². The molecule has 10 nitrogen and oxygen atoms in total. The Morgan fingerprint density at radius 3 is 2.61 bits per heavy atom. The number of aryl methyl sites for hydroxylation is 2. The van der Waals surface area contributed by atoms with Crippen LogP contribution in [0.3, 0.4) is 0 Å². The van der Waals surface area contributed by atoms with E-state index in [0.29, 0.717) is 27.8 Å². The highest BCUT2D eigenvalue weighted by Crippen LogP contribution is 2.34. The fourth-order valence-corrected chi connectivity index (χ4v) is 3.48. The number of carbonyl (C=O) groups is 2. The lowest BCUT2D eigenvalue weighted by Gasteiger charge is -2.12. The molecule has 0 saturated heterocycles. The van der Waals surface area contributed by atoms with Crippen LogP contribution >= 0.6 is 11.8 Å². The van der Waals surface area contributed by atoms with Crippen LogP contribution in [0.25, 0.3) is 0 Å². The molecular weight excluding hydrogens is 420 g/mol. The van der Waals surface area contributed by atoms with Gasteiger partial charge < -0.3 is 15.2 Å². The van der Waals surface area contributed by atoms with Crippen LogP contribution in [0.4, 0.5) is 17.1 Å². The van der Waals surface area contributed by atoms with E-state index in [1.807, 2.05) is 6.92 Å². The third-order valence-electron chi connectivity index (χ3n) is 4.38. The van der Waals surface area contributed by atoms with Crippen molar-refractivity contribution in [2.75, 3.05) is 10.6 Å². The van der Waals surface area contributed by atoms with E-state index in [0.717, 1.165) is 17.3 Å². The third kappa shape index (κ3) is 5.25. The Kier molecular flexibility index (Phi) is 6.65. The van der Waals surface area contributed by atoms with Crippen molar-refractivity contribution in [2.45, 2.75) is 30.3 Å². The molecule has 160 valence electrons. The van der Waals surface area contributed by atoms with Crippen LogP contribution in [0, 0.1) is 17.0 Å². The first kappa shape index (κ1) is 22.0. The molecule has 0 saturated carbocycles. The molecule has 2 N–H and O–H groups in total. The summed E-state index contributed by atoms with van der Waals surface area (Å²) in [6, 6.07) is 9.40. The number of hydrogen-bond donors (Lipinski definition) is 2. The lowest BCUT2D eigenvalue weighted by Crippen LogP contribution is -2.14. The molecule has 0 aliphatic heterocycles. The fourth-order valence-electron chi connectivity index (χ4n) is 2.63. The monoisotopic (exact) mass is 440 g/mol. The number of nitro benzene ring substituents is 1. The average molecular weight is 440 g/mol. The van der Waals surface area contributed by atoms with Crippen LogP contribution in [0.2, 0.25) is 0 Å². The van der Waals surface area contributed by atoms with Gasteiger partial charge in [-0.1, -0.05) is 13.0 Å². The molecule has 0 unspecified atom stereocenters. The molecule has 3 aromatic rings. The van der Waals surface area contributed by atoms with E-state index < -0.39 is 10.8 Å². The summed E-state index contributed by atoms with van der Waals surface area (Å²) in [6.07, 6.45) is 1.83. The molecule has 3 rings (SSSR count). The highest BCUT2D eigenvalue weighted by molar-refractivity contribution is 7.99. The van der Waals surface area contributed by atoms with Gasteiger partial charge in [-0.2, -0.15) is 0 Å². The van der Waals surface area contributed by atoms with Gasteiger partial charge in [-0.05, 0) is 48.5 Å². The van der Waals surface area contributed by atoms with E-state index in [2.05, 4.69) is 20.8 Å². The number of nitro groups is 1. The van der Waals surface area contributed by atoms with Gasteiger partial charge in [0.1, 0.15) is 6.33 Å². The summed E-state index contributed by atoms with van der Waals surface area (Å²) >= 11 is 1.09. The minimum absolute atomic E-state index is 0.136. The number of amides is 2. The Morgan fingerprint density at radius 2 is 1.97 bits per heavy atom. The molecule has 1 heterocycles. The number of nitrogens with one attached hydrogen (secondary N) is 2. The zero-order valence-electron chi connectivity index (χ0n) is 17.1. The predicted octanol–water partition coefficient (Wildman–Crippen LogP) is 3.78. The average Bonchev–Trinajstić information content (AvgIpc) is 3.14. The third-order valence-corrected chi connectivity index (χ3v) is 5.50. The van der Waals surface area contributed by atoms with Gasteiger partial charge in [0.15, 0.2) is 5.16 Å². The number of rotatable bonds is 7. The lowest BCUT2D eigenvalue weighted by molar-refractivity contribution is -0.387. The molecule has 0 spiro atoms. The Balaban J connectivity index is 1.84. The van der Waals surface area contributed by atoms with Gasteiger partial charge in [0.25, 0.3) is 11.6 Å². The maximum absolute atomic E-state index is 12.8. The maximum atomic E-state index is 12.8. The molecule has 0 atom stereocenters. The second-order valence-electron chi connectivity index (χ2n) is 6.65. The minimum Gasteiger partial charge on any atom is -0.326 e. The Morgan fingerprint density at radius 1 is 1.19 bits per heavy atom. The fraction of sp³-hybridized carbons (Fsp3) is 0.200. The zero-order chi connectivity index (χ0) is 22.5. The second-order valence-corrected chi connectivity index (χ2v) is 7.66. The molecule has 0 aliphatic carbocycles. The van der Waals surface area contributed by atoms with Crippen LogP contribution in [0.5, 0.6) is 0 Å². The van der Waals surface area contributed by atoms with E-state index in [-0.39, 0.29) is 17.2 Å². The molecule has 0 radical (unpaired) electrons. The van der Waals surface area contributed by atoms with Crippen LogP contribution in [0.1, 0.15) is 29.3 Å². The largest absolute Gasteiger partial charge is 0.326 e. The van der Waals surface area contributed by atoms with Crippen molar-refractivity contribution in [2.24, 2.45) is 7.05 Å². The quantitative estimate of drug-likeness (QED) is 0.422. The zero-order valence-corrected chi connectivity index (χ0v) is 17.9. The molecular formula is C20H20N6O4S. The first-order valence-electron chi connectivity index (χ1n) is 9.30. The van der Waals surface area contributed by atoms with Gasteiger partial charge in [-0.25, -0.2) is 0 Å². The van der Waals surface area contributed by atoms with Crippen molar-refractivity contribution < 1.29 is 14.5 Å². The topological polar surface area (TPSA) is 132 Å². The molecule has 11 heteroatoms. The standard InChI is InChI=1S/C20H20N6O4S/c1-4-18(27)22-14-7-5-12(2)15(10-14)23-19(28)13-6-8-17(16(9-13)26(29)30)31-20-24-21-11-25(20)3/h5-11H,4H2,1-3H3,(H,22,27)(H,23,28). The summed E-state index contributed by atoms with van der Waals surface area (Å²) in [5, 5.41) is 25.2. The number of nitrogens with zero attached hydrogens (tertiary/aromatic N) is 4. The van der Waals surface area contributed by atoms with Gasteiger partial charge >= 0.3 is 0 Å². The molecule has 0 bridgehead atoms. The Hall–Kier alpha value is -3.73. The van der Waals surface area contributed by atoms with Crippen molar-refractivity contribution >= 4 is 40.6 Å².